The summed E-state index contributed by atoms with van der Waals surface area (Å²) < 4.78 is 15.5. The molecule has 1 aliphatic heterocycles. The van der Waals surface area contributed by atoms with Crippen LogP contribution in [-0.2, 0) is 5.41 Å². The second kappa shape index (κ2) is 20.2. The minimum absolute atomic E-state index is 0.792. The third kappa shape index (κ3) is 7.44. The third-order valence-electron chi connectivity index (χ3n) is 19.1. The summed E-state index contributed by atoms with van der Waals surface area (Å²) in [6, 6.07) is 113. The Morgan fingerprint density at radius 1 is 0.311 bits per heavy atom. The summed E-state index contributed by atoms with van der Waals surface area (Å²) in [5, 5.41) is 6.33. The number of rotatable bonds is 9. The maximum absolute atomic E-state index is 7.88. The lowest BCUT2D eigenvalue weighted by Crippen LogP contribution is -2.36. The van der Waals surface area contributed by atoms with Crippen LogP contribution in [0.5, 0.6) is 0 Å². The normalized spacial score (nSPS) is 12.8. The van der Waals surface area contributed by atoms with Gasteiger partial charge in [-0.25, -0.2) is 0 Å². The lowest BCUT2D eigenvalue weighted by Gasteiger charge is -2.45. The molecule has 16 aromatic rings. The van der Waals surface area contributed by atoms with Gasteiger partial charge in [0.15, 0.2) is 11.2 Å². The molecule has 0 atom stereocenters. The molecule has 1 aliphatic carbocycles. The van der Waals surface area contributed by atoms with Gasteiger partial charge in [-0.1, -0.05) is 237 Å². The Hall–Kier alpha value is -11.7. The fourth-order valence-electron chi connectivity index (χ4n) is 15.3. The van der Waals surface area contributed by atoms with Gasteiger partial charge in [0, 0.05) is 55.1 Å². The highest BCUT2D eigenvalue weighted by atomic mass is 16.3. The molecule has 1 spiro atoms. The summed E-state index contributed by atoms with van der Waals surface area (Å²) in [5.41, 5.74) is 25.1. The van der Waals surface area contributed by atoms with Crippen molar-refractivity contribution in [3.05, 3.63) is 343 Å². The summed E-state index contributed by atoms with van der Waals surface area (Å²) in [5.74, 6) is 0. The zero-order valence-corrected chi connectivity index (χ0v) is 49.6. The first-order valence-electron chi connectivity index (χ1n) is 31.0. The summed E-state index contributed by atoms with van der Waals surface area (Å²) in [4.78, 5) is 7.45. The van der Waals surface area contributed by atoms with Gasteiger partial charge in [0.2, 0.25) is 0 Å². The van der Waals surface area contributed by atoms with E-state index in [1.54, 1.807) is 0 Å². The van der Waals surface area contributed by atoms with Gasteiger partial charge in [0.25, 0.3) is 0 Å². The lowest BCUT2D eigenvalue weighted by molar-refractivity contribution is 0.668. The van der Waals surface area contributed by atoms with E-state index in [0.717, 1.165) is 173 Å². The van der Waals surface area contributed by atoms with Crippen LogP contribution in [0.1, 0.15) is 33.4 Å². The van der Waals surface area contributed by atoms with E-state index in [-0.39, 0.29) is 0 Å². The fourth-order valence-corrected chi connectivity index (χ4v) is 15.3. The topological polar surface area (TPSA) is 36.0 Å². The van der Waals surface area contributed by atoms with E-state index in [1.165, 1.54) is 0 Å². The molecule has 0 amide bonds. The van der Waals surface area contributed by atoms with Gasteiger partial charge in [-0.05, 0) is 148 Å². The molecule has 0 fully saturated rings. The Morgan fingerprint density at radius 3 is 1.31 bits per heavy atom. The number of fused-ring (bicyclic) bond motifs is 19. The smallest absolute Gasteiger partial charge is 0.160 e. The first-order valence-corrected chi connectivity index (χ1v) is 31.0. The quantitative estimate of drug-likeness (QED) is 0.144. The lowest BCUT2D eigenvalue weighted by atomic mass is 9.64. The molecule has 0 radical (unpaired) electrons. The highest BCUT2D eigenvalue weighted by Crippen LogP contribution is 2.69. The van der Waals surface area contributed by atoms with Gasteiger partial charge in [0.1, 0.15) is 11.2 Å². The minimum atomic E-state index is -0.999. The van der Waals surface area contributed by atoms with Gasteiger partial charge in [0.05, 0.1) is 39.5 Å². The Kier molecular flexibility index (Phi) is 11.6. The largest absolute Gasteiger partial charge is 0.454 e. The van der Waals surface area contributed by atoms with Gasteiger partial charge >= 0.3 is 0 Å². The average Bonchev–Trinajstić information content (AvgIpc) is 1.47. The molecule has 3 heterocycles. The number of aryl methyl sites for hydroxylation is 2. The van der Waals surface area contributed by atoms with E-state index in [4.69, 9.17) is 8.83 Å². The van der Waals surface area contributed by atoms with Crippen molar-refractivity contribution in [3.63, 3.8) is 0 Å². The second-order valence-corrected chi connectivity index (χ2v) is 23.9. The summed E-state index contributed by atoms with van der Waals surface area (Å²) >= 11 is 0. The van der Waals surface area contributed by atoms with Gasteiger partial charge in [-0.15, -0.1) is 0 Å². The molecule has 5 nitrogen and oxygen atoms in total. The standard InChI is InChI=1S/C85H57N3O2/c1-54-28-12-21-43-69(54)87(71-45-23-16-37-60(71)56-30-6-3-7-31-56)75-52-67-80(78-63-40-18-27-49-77(63)89-83(75)78)81-68(85(67)65-41-19-25-47-73(65)86(59-35-10-5-11-36-59)74-48-26-20-42-66(74)85)53-76(84-79(81)64-51-50-58-34-14-15-39-62(58)82(64)90-84)88(70-44-22-13-29-55(70)2)72-46-24-17-38-61(72)57-32-8-4-9-33-57/h3-53H,1-2H3. The van der Waals surface area contributed by atoms with Crippen LogP contribution in [0.3, 0.4) is 0 Å². The number of benzene rings is 14. The molecule has 0 unspecified atom stereocenters. The zero-order valence-electron chi connectivity index (χ0n) is 49.6. The summed E-state index contributed by atoms with van der Waals surface area (Å²) in [6.45, 7) is 4.45. The Bertz CT molecular complexity index is 5500. The number of furan rings is 2. The predicted octanol–water partition coefficient (Wildman–Crippen LogP) is 23.7. The van der Waals surface area contributed by atoms with Gasteiger partial charge in [-0.2, -0.15) is 0 Å². The minimum Gasteiger partial charge on any atom is -0.454 e. The van der Waals surface area contributed by atoms with E-state index in [0.29, 0.717) is 0 Å². The first-order chi connectivity index (χ1) is 44.5. The number of hydrogen-bond acceptors (Lipinski definition) is 5. The van der Waals surface area contributed by atoms with Crippen molar-refractivity contribution in [2.75, 3.05) is 14.7 Å². The molecule has 424 valence electrons. The molecule has 18 rings (SSSR count). The molecule has 14 aromatic carbocycles. The van der Waals surface area contributed by atoms with E-state index in [2.05, 4.69) is 338 Å². The molecular weight excluding hydrogens is 1090 g/mol. The SMILES string of the molecule is Cc1ccccc1N(c1ccccc1-c1ccccc1)c1cc2c(c3c1oc1ccccc13)-c1c(cc(N(c3ccccc3C)c3ccccc3-c3ccccc3)c3oc4c5ccccc5ccc4c13)C21c2ccccc2N(c2ccccc2)c2ccccc21. The van der Waals surface area contributed by atoms with Crippen LogP contribution in [0.15, 0.2) is 318 Å². The second-order valence-electron chi connectivity index (χ2n) is 23.9. The van der Waals surface area contributed by atoms with Crippen LogP contribution in [0.25, 0.3) is 88.0 Å². The Labute approximate surface area is 521 Å². The van der Waals surface area contributed by atoms with Crippen molar-refractivity contribution in [2.45, 2.75) is 19.3 Å². The van der Waals surface area contributed by atoms with E-state index >= 15 is 0 Å². The molecule has 90 heavy (non-hydrogen) atoms. The summed E-state index contributed by atoms with van der Waals surface area (Å²) in [6.07, 6.45) is 0. The average molecular weight is 1150 g/mol. The van der Waals surface area contributed by atoms with Crippen LogP contribution in [0.4, 0.5) is 51.2 Å². The van der Waals surface area contributed by atoms with Crippen LogP contribution >= 0.6 is 0 Å². The molecule has 0 N–H and O–H groups in total. The van der Waals surface area contributed by atoms with Crippen molar-refractivity contribution < 1.29 is 8.83 Å². The van der Waals surface area contributed by atoms with Crippen LogP contribution in [0, 0.1) is 13.8 Å². The number of nitrogens with zero attached hydrogens (tertiary/aromatic N) is 3. The molecular formula is C85H57N3O2. The van der Waals surface area contributed by atoms with E-state index in [1.807, 2.05) is 0 Å². The van der Waals surface area contributed by atoms with Crippen molar-refractivity contribution in [2.24, 2.45) is 0 Å². The molecule has 0 saturated carbocycles. The Balaban J connectivity index is 1.09. The summed E-state index contributed by atoms with van der Waals surface area (Å²) in [7, 11) is 0. The van der Waals surface area contributed by atoms with Crippen molar-refractivity contribution >= 4 is 106 Å². The first kappa shape index (κ1) is 51.6. The maximum Gasteiger partial charge on any atom is 0.160 e. The monoisotopic (exact) mass is 1150 g/mol. The van der Waals surface area contributed by atoms with Gasteiger partial charge < -0.3 is 23.5 Å². The third-order valence-corrected chi connectivity index (χ3v) is 19.1. The van der Waals surface area contributed by atoms with Crippen LogP contribution in [0.2, 0.25) is 0 Å². The molecule has 5 heteroatoms. The zero-order chi connectivity index (χ0) is 59.6. The fraction of sp³-hybridized carbons (Fsp3) is 0.0353. The van der Waals surface area contributed by atoms with Crippen LogP contribution in [-0.4, -0.2) is 0 Å². The van der Waals surface area contributed by atoms with Crippen molar-refractivity contribution in [1.82, 2.24) is 0 Å². The highest BCUT2D eigenvalue weighted by molar-refractivity contribution is 6.29. The molecule has 2 aromatic heterocycles. The van der Waals surface area contributed by atoms with E-state index in [9.17, 15) is 0 Å². The number of para-hydroxylation sites is 8. The Morgan fingerprint density at radius 2 is 0.744 bits per heavy atom. The van der Waals surface area contributed by atoms with E-state index < -0.39 is 5.41 Å². The van der Waals surface area contributed by atoms with Crippen LogP contribution < -0.4 is 14.7 Å². The molecule has 2 aliphatic rings. The molecule has 0 saturated heterocycles. The predicted molar refractivity (Wildman–Crippen MR) is 374 cm³/mol. The molecule has 0 bridgehead atoms. The number of anilines is 9. The number of hydrogen-bond donors (Lipinski definition) is 0. The highest BCUT2D eigenvalue weighted by Gasteiger charge is 2.55. The van der Waals surface area contributed by atoms with Gasteiger partial charge in [-0.3, -0.25) is 0 Å². The van der Waals surface area contributed by atoms with Crippen molar-refractivity contribution in [1.29, 1.82) is 0 Å². The van der Waals surface area contributed by atoms with Crippen molar-refractivity contribution in [3.8, 4) is 33.4 Å². The maximum atomic E-state index is 7.88.